The van der Waals surface area contributed by atoms with Crippen molar-refractivity contribution in [3.8, 4) is 17.6 Å². The Kier molecular flexibility index (Phi) is 1.98. The maximum atomic E-state index is 9.15. The van der Waals surface area contributed by atoms with E-state index in [4.69, 9.17) is 15.1 Å². The molecule has 0 aliphatic carbocycles. The van der Waals surface area contributed by atoms with Crippen molar-refractivity contribution in [2.45, 2.75) is 0 Å². The quantitative estimate of drug-likeness (QED) is 0.654. The molecule has 11 heavy (non-hydrogen) atoms. The minimum Gasteiger partial charge on any atom is -0.504 e. The number of nitriles is 1. The number of hydrogen-bond acceptors (Lipinski definition) is 3. The first-order valence-electron chi connectivity index (χ1n) is 3.05. The standard InChI is InChI=1S/C8H7NO2/c1-11-8-6(5-9)3-2-4-7(8)10/h2-4,10H,1H3. The number of nitrogens with zero attached hydrogens (tertiary/aromatic N) is 1. The summed E-state index contributed by atoms with van der Waals surface area (Å²) < 4.78 is 4.79. The van der Waals surface area contributed by atoms with Gasteiger partial charge in [0.05, 0.1) is 12.7 Å². The third-order valence-electron chi connectivity index (χ3n) is 1.32. The largest absolute Gasteiger partial charge is 0.504 e. The zero-order valence-electron chi connectivity index (χ0n) is 6.03. The highest BCUT2D eigenvalue weighted by Crippen LogP contribution is 2.28. The Morgan fingerprint density at radius 3 is 2.73 bits per heavy atom. The van der Waals surface area contributed by atoms with Crippen molar-refractivity contribution in [1.29, 1.82) is 5.26 Å². The number of benzene rings is 1. The molecule has 0 unspecified atom stereocenters. The summed E-state index contributed by atoms with van der Waals surface area (Å²) in [5, 5.41) is 17.7. The van der Waals surface area contributed by atoms with E-state index >= 15 is 0 Å². The van der Waals surface area contributed by atoms with Crippen molar-refractivity contribution >= 4 is 0 Å². The highest BCUT2D eigenvalue weighted by Gasteiger charge is 2.05. The molecule has 0 heterocycles. The highest BCUT2D eigenvalue weighted by atomic mass is 16.5. The number of methoxy groups -OCH3 is 1. The van der Waals surface area contributed by atoms with E-state index in [1.807, 2.05) is 6.07 Å². The number of ether oxygens (including phenoxy) is 1. The Hall–Kier alpha value is -1.69. The normalized spacial score (nSPS) is 8.73. The second-order valence-corrected chi connectivity index (χ2v) is 1.97. The predicted molar refractivity (Wildman–Crippen MR) is 39.4 cm³/mol. The van der Waals surface area contributed by atoms with Gasteiger partial charge in [0.1, 0.15) is 6.07 Å². The zero-order chi connectivity index (χ0) is 8.27. The van der Waals surface area contributed by atoms with Gasteiger partial charge in [-0.3, -0.25) is 0 Å². The summed E-state index contributed by atoms with van der Waals surface area (Å²) in [5.41, 5.74) is 0.340. The van der Waals surface area contributed by atoms with Gasteiger partial charge >= 0.3 is 0 Å². The summed E-state index contributed by atoms with van der Waals surface area (Å²) in [6.45, 7) is 0. The van der Waals surface area contributed by atoms with E-state index in [1.165, 1.54) is 13.2 Å². The molecule has 0 radical (unpaired) electrons. The minimum atomic E-state index is -0.00782. The summed E-state index contributed by atoms with van der Waals surface area (Å²) in [6.07, 6.45) is 0. The van der Waals surface area contributed by atoms with Crippen LogP contribution in [0.1, 0.15) is 5.56 Å². The molecule has 1 aromatic rings. The lowest BCUT2D eigenvalue weighted by molar-refractivity contribution is 0.372. The van der Waals surface area contributed by atoms with Gasteiger partial charge in [-0.2, -0.15) is 5.26 Å². The molecule has 1 aromatic carbocycles. The van der Waals surface area contributed by atoms with E-state index < -0.39 is 0 Å². The maximum absolute atomic E-state index is 9.15. The average molecular weight is 149 g/mol. The van der Waals surface area contributed by atoms with Crippen LogP contribution in [0.3, 0.4) is 0 Å². The van der Waals surface area contributed by atoms with Gasteiger partial charge in [-0.25, -0.2) is 0 Å². The number of rotatable bonds is 1. The fourth-order valence-electron chi connectivity index (χ4n) is 0.827. The molecule has 3 heteroatoms. The van der Waals surface area contributed by atoms with Crippen molar-refractivity contribution in [2.75, 3.05) is 7.11 Å². The van der Waals surface area contributed by atoms with E-state index in [9.17, 15) is 0 Å². The fraction of sp³-hybridized carbons (Fsp3) is 0.125. The third-order valence-corrected chi connectivity index (χ3v) is 1.32. The lowest BCUT2D eigenvalue weighted by atomic mass is 10.2. The Labute approximate surface area is 64.5 Å². The second kappa shape index (κ2) is 2.93. The molecule has 0 amide bonds. The Morgan fingerprint density at radius 1 is 1.55 bits per heavy atom. The van der Waals surface area contributed by atoms with Gasteiger partial charge in [0.15, 0.2) is 11.5 Å². The molecule has 56 valence electrons. The van der Waals surface area contributed by atoms with E-state index in [-0.39, 0.29) is 11.5 Å². The summed E-state index contributed by atoms with van der Waals surface area (Å²) >= 11 is 0. The molecular weight excluding hydrogens is 142 g/mol. The average Bonchev–Trinajstić information content (AvgIpc) is 2.04. The molecule has 0 aliphatic heterocycles. The molecule has 1 rings (SSSR count). The van der Waals surface area contributed by atoms with Crippen LogP contribution in [-0.2, 0) is 0 Å². The monoisotopic (exact) mass is 149 g/mol. The Bertz CT molecular complexity index is 301. The molecule has 1 N–H and O–H groups in total. The van der Waals surface area contributed by atoms with Crippen LogP contribution in [0.25, 0.3) is 0 Å². The van der Waals surface area contributed by atoms with Crippen LogP contribution >= 0.6 is 0 Å². The van der Waals surface area contributed by atoms with Gasteiger partial charge in [-0.15, -0.1) is 0 Å². The molecule has 0 saturated carbocycles. The lowest BCUT2D eigenvalue weighted by Crippen LogP contribution is -1.87. The number of aromatic hydroxyl groups is 1. The molecule has 0 saturated heterocycles. The van der Waals surface area contributed by atoms with Crippen molar-refractivity contribution < 1.29 is 9.84 Å². The van der Waals surface area contributed by atoms with Gasteiger partial charge in [-0.05, 0) is 12.1 Å². The first kappa shape index (κ1) is 7.42. The Balaban J connectivity index is 3.27. The van der Waals surface area contributed by atoms with Crippen LogP contribution in [-0.4, -0.2) is 12.2 Å². The molecule has 0 atom stereocenters. The predicted octanol–water partition coefficient (Wildman–Crippen LogP) is 1.27. The first-order chi connectivity index (χ1) is 5.29. The molecule has 0 spiro atoms. The summed E-state index contributed by atoms with van der Waals surface area (Å²) in [6, 6.07) is 6.55. The van der Waals surface area contributed by atoms with Crippen molar-refractivity contribution in [3.63, 3.8) is 0 Å². The SMILES string of the molecule is COc1c(O)cccc1C#N. The molecule has 0 bridgehead atoms. The van der Waals surface area contributed by atoms with E-state index in [2.05, 4.69) is 0 Å². The summed E-state index contributed by atoms with van der Waals surface area (Å²) in [7, 11) is 1.41. The van der Waals surface area contributed by atoms with E-state index in [0.717, 1.165) is 0 Å². The van der Waals surface area contributed by atoms with Crippen LogP contribution in [0.15, 0.2) is 18.2 Å². The fourth-order valence-corrected chi connectivity index (χ4v) is 0.827. The van der Waals surface area contributed by atoms with Crippen LogP contribution in [0.4, 0.5) is 0 Å². The smallest absolute Gasteiger partial charge is 0.178 e. The van der Waals surface area contributed by atoms with Crippen LogP contribution in [0, 0.1) is 11.3 Å². The summed E-state index contributed by atoms with van der Waals surface area (Å²) in [5.74, 6) is 0.224. The number of phenolic OH excluding ortho intramolecular Hbond substituents is 1. The molecule has 3 nitrogen and oxygen atoms in total. The topological polar surface area (TPSA) is 53.2 Å². The van der Waals surface area contributed by atoms with Crippen molar-refractivity contribution in [3.05, 3.63) is 23.8 Å². The maximum Gasteiger partial charge on any atom is 0.178 e. The van der Waals surface area contributed by atoms with Crippen molar-refractivity contribution in [1.82, 2.24) is 0 Å². The van der Waals surface area contributed by atoms with Gasteiger partial charge < -0.3 is 9.84 Å². The first-order valence-corrected chi connectivity index (χ1v) is 3.05. The minimum absolute atomic E-state index is 0.00782. The van der Waals surface area contributed by atoms with Gasteiger partial charge in [0, 0.05) is 0 Å². The lowest BCUT2D eigenvalue weighted by Gasteiger charge is -2.02. The highest BCUT2D eigenvalue weighted by molar-refractivity contribution is 5.51. The third kappa shape index (κ3) is 1.24. The van der Waals surface area contributed by atoms with Crippen LogP contribution in [0.5, 0.6) is 11.5 Å². The van der Waals surface area contributed by atoms with E-state index in [1.54, 1.807) is 12.1 Å². The van der Waals surface area contributed by atoms with Gasteiger partial charge in [0.25, 0.3) is 0 Å². The van der Waals surface area contributed by atoms with Gasteiger partial charge in [0.2, 0.25) is 0 Å². The molecule has 0 aromatic heterocycles. The number of hydrogen-bond donors (Lipinski definition) is 1. The zero-order valence-corrected chi connectivity index (χ0v) is 6.03. The Morgan fingerprint density at radius 2 is 2.27 bits per heavy atom. The van der Waals surface area contributed by atoms with Crippen molar-refractivity contribution in [2.24, 2.45) is 0 Å². The van der Waals surface area contributed by atoms with Crippen LogP contribution < -0.4 is 4.74 Å². The second-order valence-electron chi connectivity index (χ2n) is 1.97. The number of para-hydroxylation sites is 1. The summed E-state index contributed by atoms with van der Waals surface area (Å²) in [4.78, 5) is 0. The molecule has 0 aliphatic rings. The number of phenols is 1. The van der Waals surface area contributed by atoms with Gasteiger partial charge in [-0.1, -0.05) is 6.07 Å². The molecular formula is C8H7NO2. The van der Waals surface area contributed by atoms with E-state index in [0.29, 0.717) is 5.56 Å². The van der Waals surface area contributed by atoms with Crippen LogP contribution in [0.2, 0.25) is 0 Å². The molecule has 0 fully saturated rings.